The van der Waals surface area contributed by atoms with E-state index in [1.54, 1.807) is 18.9 Å². The maximum absolute atomic E-state index is 13.1. The fourth-order valence-electron chi connectivity index (χ4n) is 6.07. The molecule has 2 aliphatic rings. The first-order valence-corrected chi connectivity index (χ1v) is 16.1. The average Bonchev–Trinajstić information content (AvgIpc) is 3.09. The van der Waals surface area contributed by atoms with E-state index in [0.29, 0.717) is 19.5 Å². The number of nitrogens with zero attached hydrogens (tertiary/aromatic N) is 2. The summed E-state index contributed by atoms with van der Waals surface area (Å²) in [5.74, 6) is -0.868. The van der Waals surface area contributed by atoms with E-state index in [0.717, 1.165) is 31.5 Å². The van der Waals surface area contributed by atoms with Gasteiger partial charge in [0.15, 0.2) is 0 Å². The Morgan fingerprint density at radius 1 is 1.17 bits per heavy atom. The van der Waals surface area contributed by atoms with Gasteiger partial charge in [-0.15, -0.1) is 0 Å². The van der Waals surface area contributed by atoms with E-state index in [1.165, 1.54) is 0 Å². The second-order valence-corrected chi connectivity index (χ2v) is 13.9. The number of carboxylic acids is 1. The van der Waals surface area contributed by atoms with Crippen LogP contribution in [-0.4, -0.2) is 106 Å². The maximum atomic E-state index is 13.1. The van der Waals surface area contributed by atoms with Gasteiger partial charge in [0.1, 0.15) is 12.2 Å². The Morgan fingerprint density at radius 3 is 2.48 bits per heavy atom. The van der Waals surface area contributed by atoms with Gasteiger partial charge in [-0.1, -0.05) is 32.1 Å². The SMILES string of the molecule is CO[C@H](C(C)OC(C)(C)C[C@H](C)/C=C/C=C(\C)[C@H]1O[C@@H](CC(=O)O)C[C@@H](OC(=O)N2CCCN(I)CC2)[C@@H]1C)[C@@H](C)O. The highest BCUT2D eigenvalue weighted by molar-refractivity contribution is 14.1. The minimum absolute atomic E-state index is 0.134. The molecule has 11 heteroatoms. The zero-order valence-corrected chi connectivity index (χ0v) is 28.8. The molecule has 0 aromatic carbocycles. The van der Waals surface area contributed by atoms with Crippen LogP contribution in [-0.2, 0) is 23.7 Å². The number of rotatable bonds is 13. The third-order valence-electron chi connectivity index (χ3n) is 8.03. The highest BCUT2D eigenvalue weighted by Crippen LogP contribution is 2.33. The molecular formula is C31H53IN2O8. The second-order valence-electron chi connectivity index (χ2n) is 12.5. The van der Waals surface area contributed by atoms with Gasteiger partial charge in [-0.3, -0.25) is 4.79 Å². The van der Waals surface area contributed by atoms with Crippen LogP contribution in [0.2, 0.25) is 0 Å². The Hall–Kier alpha value is -1.25. The van der Waals surface area contributed by atoms with Crippen LogP contribution in [0.25, 0.3) is 0 Å². The summed E-state index contributed by atoms with van der Waals surface area (Å²) < 4.78 is 26.1. The summed E-state index contributed by atoms with van der Waals surface area (Å²) in [7, 11) is 1.58. The van der Waals surface area contributed by atoms with Crippen molar-refractivity contribution in [2.75, 3.05) is 33.3 Å². The first-order valence-electron chi connectivity index (χ1n) is 15.1. The van der Waals surface area contributed by atoms with Crippen LogP contribution in [0.5, 0.6) is 0 Å². The molecule has 42 heavy (non-hydrogen) atoms. The largest absolute Gasteiger partial charge is 0.481 e. The highest BCUT2D eigenvalue weighted by Gasteiger charge is 2.40. The van der Waals surface area contributed by atoms with Gasteiger partial charge in [-0.05, 0) is 59.0 Å². The van der Waals surface area contributed by atoms with E-state index in [9.17, 15) is 19.8 Å². The van der Waals surface area contributed by atoms with Crippen molar-refractivity contribution in [3.8, 4) is 0 Å². The molecule has 0 aliphatic carbocycles. The van der Waals surface area contributed by atoms with Crippen LogP contribution in [0.15, 0.2) is 23.8 Å². The summed E-state index contributed by atoms with van der Waals surface area (Å²) in [5, 5.41) is 19.4. The molecule has 2 aliphatic heterocycles. The second kappa shape index (κ2) is 17.3. The smallest absolute Gasteiger partial charge is 0.410 e. The number of methoxy groups -OCH3 is 1. The predicted molar refractivity (Wildman–Crippen MR) is 171 cm³/mol. The number of carboxylic acid groups (broad SMARTS) is 1. The quantitative estimate of drug-likeness (QED) is 0.151. The van der Waals surface area contributed by atoms with Crippen LogP contribution in [0.1, 0.15) is 74.1 Å². The minimum Gasteiger partial charge on any atom is -0.481 e. The third-order valence-corrected chi connectivity index (χ3v) is 8.99. The van der Waals surface area contributed by atoms with Crippen molar-refractivity contribution in [2.24, 2.45) is 11.8 Å². The molecule has 1 unspecified atom stereocenters. The highest BCUT2D eigenvalue weighted by atomic mass is 127. The number of allylic oxidation sites excluding steroid dienone is 3. The summed E-state index contributed by atoms with van der Waals surface area (Å²) >= 11 is 2.28. The molecular weight excluding hydrogens is 655 g/mol. The molecule has 0 saturated carbocycles. The van der Waals surface area contributed by atoms with E-state index >= 15 is 0 Å². The van der Waals surface area contributed by atoms with Gasteiger partial charge in [-0.2, -0.15) is 0 Å². The molecule has 2 fully saturated rings. The Balaban J connectivity index is 2.06. The zero-order valence-electron chi connectivity index (χ0n) is 26.6. The van der Waals surface area contributed by atoms with Crippen molar-refractivity contribution in [3.63, 3.8) is 0 Å². The molecule has 8 atom stereocenters. The number of aliphatic carboxylic acids is 1. The van der Waals surface area contributed by atoms with Gasteiger partial charge in [0.05, 0.1) is 36.4 Å². The molecule has 2 rings (SSSR count). The number of aliphatic hydroxyl groups is 1. The Morgan fingerprint density at radius 2 is 1.86 bits per heavy atom. The fraction of sp³-hybridized carbons (Fsp3) is 0.806. The van der Waals surface area contributed by atoms with Crippen molar-refractivity contribution < 1.29 is 38.7 Å². The Bertz CT molecular complexity index is 927. The molecule has 10 nitrogen and oxygen atoms in total. The molecule has 242 valence electrons. The van der Waals surface area contributed by atoms with Gasteiger partial charge >= 0.3 is 12.1 Å². The normalized spacial score (nSPS) is 27.8. The average molecular weight is 709 g/mol. The van der Waals surface area contributed by atoms with E-state index < -0.39 is 36.0 Å². The van der Waals surface area contributed by atoms with Crippen molar-refractivity contribution >= 4 is 34.9 Å². The number of carbonyl (C=O) groups excluding carboxylic acids is 1. The summed E-state index contributed by atoms with van der Waals surface area (Å²) in [6, 6.07) is 0. The summed E-state index contributed by atoms with van der Waals surface area (Å²) in [6.07, 6.45) is 4.96. The topological polar surface area (TPSA) is 118 Å². The molecule has 2 heterocycles. The molecule has 0 aromatic heterocycles. The van der Waals surface area contributed by atoms with E-state index in [2.05, 4.69) is 39.0 Å². The van der Waals surface area contributed by atoms with E-state index in [1.807, 2.05) is 46.8 Å². The van der Waals surface area contributed by atoms with Crippen LogP contribution in [0, 0.1) is 11.8 Å². The third kappa shape index (κ3) is 12.0. The van der Waals surface area contributed by atoms with Crippen molar-refractivity contribution in [1.82, 2.24) is 8.01 Å². The van der Waals surface area contributed by atoms with Crippen LogP contribution in [0.3, 0.4) is 0 Å². The standard InChI is InChI=1S/C31H53IN2O8/c1-20(19-31(6,7)42-24(5)29(39-8)23(4)35)11-9-12-21(2)28-22(3)26(17-25(40-28)18-27(36)37)41-30(38)33-13-10-14-34(32)16-15-33/h9,11-12,20,22-26,28-29,35H,10,13-19H2,1-8H3,(H,36,37)/b11-9+,21-12+/t20-,22+,23-,24?,25-,26-,28-,29+/m1/s1. The lowest BCUT2D eigenvalue weighted by atomic mass is 9.85. The molecule has 0 aromatic rings. The lowest BCUT2D eigenvalue weighted by Gasteiger charge is -2.40. The first-order chi connectivity index (χ1) is 19.6. The van der Waals surface area contributed by atoms with E-state index in [4.69, 9.17) is 18.9 Å². The number of aliphatic hydroxyl groups excluding tert-OH is 1. The van der Waals surface area contributed by atoms with Crippen molar-refractivity contribution in [2.45, 2.75) is 116 Å². The van der Waals surface area contributed by atoms with Gasteiger partial charge < -0.3 is 34.1 Å². The molecule has 2 N–H and O–H groups in total. The monoisotopic (exact) mass is 708 g/mol. The van der Waals surface area contributed by atoms with Crippen LogP contribution < -0.4 is 0 Å². The van der Waals surface area contributed by atoms with Gasteiger partial charge in [0, 0.05) is 68.5 Å². The number of halogens is 1. The Kier molecular flexibility index (Phi) is 15.2. The molecule has 0 spiro atoms. The number of hydrogen-bond donors (Lipinski definition) is 2. The van der Waals surface area contributed by atoms with Crippen molar-refractivity contribution in [1.29, 1.82) is 0 Å². The number of amides is 1. The Labute approximate surface area is 266 Å². The molecule has 0 radical (unpaired) electrons. The minimum atomic E-state index is -0.937. The molecule has 1 amide bonds. The summed E-state index contributed by atoms with van der Waals surface area (Å²) in [6.45, 7) is 16.7. The fourth-order valence-corrected chi connectivity index (χ4v) is 6.62. The first kappa shape index (κ1) is 36.9. The zero-order chi connectivity index (χ0) is 31.6. The van der Waals surface area contributed by atoms with Crippen molar-refractivity contribution in [3.05, 3.63) is 23.8 Å². The van der Waals surface area contributed by atoms with Crippen LogP contribution >= 0.6 is 22.9 Å². The van der Waals surface area contributed by atoms with Gasteiger partial charge in [0.2, 0.25) is 0 Å². The van der Waals surface area contributed by atoms with Crippen LogP contribution in [0.4, 0.5) is 4.79 Å². The number of hydrogen-bond acceptors (Lipinski definition) is 8. The molecule has 0 bridgehead atoms. The number of carbonyl (C=O) groups is 2. The lowest BCUT2D eigenvalue weighted by molar-refractivity contribution is -0.151. The molecule has 2 saturated heterocycles. The van der Waals surface area contributed by atoms with Gasteiger partial charge in [-0.25, -0.2) is 7.91 Å². The predicted octanol–water partition coefficient (Wildman–Crippen LogP) is 5.23. The maximum Gasteiger partial charge on any atom is 0.410 e. The number of ether oxygens (including phenoxy) is 4. The lowest BCUT2D eigenvalue weighted by Crippen LogP contribution is -2.48. The summed E-state index contributed by atoms with van der Waals surface area (Å²) in [5.41, 5.74) is 0.513. The van der Waals surface area contributed by atoms with Gasteiger partial charge in [0.25, 0.3) is 0 Å². The van der Waals surface area contributed by atoms with E-state index in [-0.39, 0.29) is 36.6 Å². The summed E-state index contributed by atoms with van der Waals surface area (Å²) in [4.78, 5) is 26.3.